The van der Waals surface area contributed by atoms with Crippen LogP contribution in [-0.4, -0.2) is 10.2 Å². The SMILES string of the molecule is CC1(C)CCCC1c1nnc(C(N)c2ccccc2)o1. The van der Waals surface area contributed by atoms with Gasteiger partial charge in [0.2, 0.25) is 11.8 Å². The second-order valence-corrected chi connectivity index (χ2v) is 6.30. The second kappa shape index (κ2) is 5.02. The van der Waals surface area contributed by atoms with E-state index in [9.17, 15) is 0 Å². The fourth-order valence-electron chi connectivity index (χ4n) is 3.10. The minimum absolute atomic E-state index is 0.237. The Morgan fingerprint density at radius 1 is 1.25 bits per heavy atom. The monoisotopic (exact) mass is 271 g/mol. The van der Waals surface area contributed by atoms with E-state index in [1.165, 1.54) is 12.8 Å². The molecule has 1 aliphatic rings. The first kappa shape index (κ1) is 13.3. The van der Waals surface area contributed by atoms with Gasteiger partial charge >= 0.3 is 0 Å². The maximum absolute atomic E-state index is 6.20. The number of nitrogens with two attached hydrogens (primary N) is 1. The molecule has 1 fully saturated rings. The molecule has 1 saturated carbocycles. The number of benzene rings is 1. The number of aromatic nitrogens is 2. The van der Waals surface area contributed by atoms with E-state index >= 15 is 0 Å². The molecule has 1 aromatic carbocycles. The van der Waals surface area contributed by atoms with E-state index in [4.69, 9.17) is 10.2 Å². The number of nitrogens with zero attached hydrogens (tertiary/aromatic N) is 2. The summed E-state index contributed by atoms with van der Waals surface area (Å²) in [5, 5.41) is 8.40. The van der Waals surface area contributed by atoms with Gasteiger partial charge in [-0.25, -0.2) is 0 Å². The molecule has 0 bridgehead atoms. The molecule has 0 saturated heterocycles. The lowest BCUT2D eigenvalue weighted by Crippen LogP contribution is -2.15. The quantitative estimate of drug-likeness (QED) is 0.929. The summed E-state index contributed by atoms with van der Waals surface area (Å²) in [5.74, 6) is 1.61. The maximum atomic E-state index is 6.20. The van der Waals surface area contributed by atoms with Crippen LogP contribution in [-0.2, 0) is 0 Å². The molecular formula is C16H21N3O. The van der Waals surface area contributed by atoms with Crippen LogP contribution in [0.5, 0.6) is 0 Å². The third-order valence-corrected chi connectivity index (χ3v) is 4.44. The highest BCUT2D eigenvalue weighted by atomic mass is 16.4. The van der Waals surface area contributed by atoms with E-state index in [1.807, 2.05) is 30.3 Å². The Morgan fingerprint density at radius 3 is 2.65 bits per heavy atom. The zero-order chi connectivity index (χ0) is 14.2. The van der Waals surface area contributed by atoms with Crippen molar-refractivity contribution >= 4 is 0 Å². The van der Waals surface area contributed by atoms with Crippen molar-refractivity contribution in [1.29, 1.82) is 0 Å². The molecule has 0 spiro atoms. The van der Waals surface area contributed by atoms with Crippen LogP contribution in [0.4, 0.5) is 0 Å². The van der Waals surface area contributed by atoms with E-state index in [0.29, 0.717) is 11.8 Å². The van der Waals surface area contributed by atoms with Gasteiger partial charge in [-0.1, -0.05) is 50.6 Å². The molecule has 0 aliphatic heterocycles. The van der Waals surface area contributed by atoms with Gasteiger partial charge in [0.05, 0.1) is 0 Å². The molecule has 106 valence electrons. The van der Waals surface area contributed by atoms with Crippen molar-refractivity contribution in [3.8, 4) is 0 Å². The topological polar surface area (TPSA) is 64.9 Å². The van der Waals surface area contributed by atoms with Gasteiger partial charge in [-0.05, 0) is 23.8 Å². The third kappa shape index (κ3) is 2.36. The molecule has 20 heavy (non-hydrogen) atoms. The molecule has 1 aliphatic carbocycles. The molecule has 3 rings (SSSR count). The van der Waals surface area contributed by atoms with Crippen molar-refractivity contribution in [2.45, 2.75) is 45.1 Å². The summed E-state index contributed by atoms with van der Waals surface area (Å²) in [4.78, 5) is 0. The summed E-state index contributed by atoms with van der Waals surface area (Å²) in [7, 11) is 0. The predicted molar refractivity (Wildman–Crippen MR) is 77.1 cm³/mol. The lowest BCUT2D eigenvalue weighted by atomic mass is 9.82. The van der Waals surface area contributed by atoms with E-state index < -0.39 is 0 Å². The molecule has 1 aromatic heterocycles. The molecule has 4 nitrogen and oxygen atoms in total. The van der Waals surface area contributed by atoms with Crippen LogP contribution in [0.15, 0.2) is 34.7 Å². The number of hydrogen-bond acceptors (Lipinski definition) is 4. The fourth-order valence-corrected chi connectivity index (χ4v) is 3.10. The number of hydrogen-bond donors (Lipinski definition) is 1. The van der Waals surface area contributed by atoms with Gasteiger partial charge in [0.1, 0.15) is 6.04 Å². The van der Waals surface area contributed by atoms with E-state index in [0.717, 1.165) is 17.9 Å². The second-order valence-electron chi connectivity index (χ2n) is 6.30. The largest absolute Gasteiger partial charge is 0.423 e. The van der Waals surface area contributed by atoms with Crippen LogP contribution in [0, 0.1) is 5.41 Å². The van der Waals surface area contributed by atoms with Crippen molar-refractivity contribution in [2.24, 2.45) is 11.1 Å². The van der Waals surface area contributed by atoms with E-state index in [2.05, 4.69) is 24.0 Å². The van der Waals surface area contributed by atoms with E-state index in [1.54, 1.807) is 0 Å². The smallest absolute Gasteiger partial charge is 0.237 e. The van der Waals surface area contributed by atoms with Crippen LogP contribution in [0.3, 0.4) is 0 Å². The molecule has 1 heterocycles. The van der Waals surface area contributed by atoms with Crippen LogP contribution < -0.4 is 5.73 Å². The van der Waals surface area contributed by atoms with Crippen molar-refractivity contribution in [3.05, 3.63) is 47.7 Å². The first-order valence-corrected chi connectivity index (χ1v) is 7.22. The Labute approximate surface area is 119 Å². The van der Waals surface area contributed by atoms with Gasteiger partial charge in [-0.3, -0.25) is 0 Å². The van der Waals surface area contributed by atoms with Gasteiger partial charge < -0.3 is 10.2 Å². The summed E-state index contributed by atoms with van der Waals surface area (Å²) < 4.78 is 5.87. The zero-order valence-electron chi connectivity index (χ0n) is 12.0. The average Bonchev–Trinajstić information content (AvgIpc) is 3.04. The highest BCUT2D eigenvalue weighted by molar-refractivity contribution is 5.23. The fraction of sp³-hybridized carbons (Fsp3) is 0.500. The highest BCUT2D eigenvalue weighted by Crippen LogP contribution is 2.48. The first-order chi connectivity index (χ1) is 9.58. The number of rotatable bonds is 3. The van der Waals surface area contributed by atoms with Crippen molar-refractivity contribution < 1.29 is 4.42 Å². The highest BCUT2D eigenvalue weighted by Gasteiger charge is 2.39. The Bertz CT molecular complexity index is 576. The Hall–Kier alpha value is -1.68. The normalized spacial score (nSPS) is 22.9. The lowest BCUT2D eigenvalue weighted by molar-refractivity contribution is 0.279. The molecule has 0 amide bonds. The van der Waals surface area contributed by atoms with Crippen LogP contribution in [0.2, 0.25) is 0 Å². The van der Waals surface area contributed by atoms with Gasteiger partial charge in [0, 0.05) is 5.92 Å². The van der Waals surface area contributed by atoms with Gasteiger partial charge in [0.15, 0.2) is 0 Å². The minimum atomic E-state index is -0.345. The molecular weight excluding hydrogens is 250 g/mol. The van der Waals surface area contributed by atoms with Crippen LogP contribution in [0.1, 0.15) is 62.4 Å². The summed E-state index contributed by atoms with van der Waals surface area (Å²) in [6, 6.07) is 9.51. The Balaban J connectivity index is 1.84. The van der Waals surface area contributed by atoms with Gasteiger partial charge in [0.25, 0.3) is 0 Å². The molecule has 2 unspecified atom stereocenters. The Morgan fingerprint density at radius 2 is 2.00 bits per heavy atom. The third-order valence-electron chi connectivity index (χ3n) is 4.44. The van der Waals surface area contributed by atoms with E-state index in [-0.39, 0.29) is 11.5 Å². The Kier molecular flexibility index (Phi) is 3.34. The predicted octanol–water partition coefficient (Wildman–Crippen LogP) is 3.41. The molecule has 2 atom stereocenters. The van der Waals surface area contributed by atoms with Gasteiger partial charge in [-0.15, -0.1) is 10.2 Å². The van der Waals surface area contributed by atoms with Crippen molar-refractivity contribution in [3.63, 3.8) is 0 Å². The van der Waals surface area contributed by atoms with Crippen LogP contribution in [0.25, 0.3) is 0 Å². The molecule has 4 heteroatoms. The van der Waals surface area contributed by atoms with Crippen molar-refractivity contribution in [1.82, 2.24) is 10.2 Å². The minimum Gasteiger partial charge on any atom is -0.423 e. The maximum Gasteiger partial charge on any atom is 0.237 e. The summed E-state index contributed by atoms with van der Waals surface area (Å²) in [6.07, 6.45) is 3.55. The standard InChI is InChI=1S/C16H21N3O/c1-16(2)10-6-9-12(16)14-18-19-15(20-14)13(17)11-7-4-3-5-8-11/h3-5,7-8,12-13H,6,9-10,17H2,1-2H3. The summed E-state index contributed by atoms with van der Waals surface area (Å²) in [6.45, 7) is 4.54. The summed E-state index contributed by atoms with van der Waals surface area (Å²) >= 11 is 0. The molecule has 0 radical (unpaired) electrons. The lowest BCUT2D eigenvalue weighted by Gasteiger charge is -2.23. The molecule has 2 N–H and O–H groups in total. The average molecular weight is 271 g/mol. The van der Waals surface area contributed by atoms with Gasteiger partial charge in [-0.2, -0.15) is 0 Å². The molecule has 2 aromatic rings. The summed E-state index contributed by atoms with van der Waals surface area (Å²) in [5.41, 5.74) is 7.43. The van der Waals surface area contributed by atoms with Crippen molar-refractivity contribution in [2.75, 3.05) is 0 Å². The van der Waals surface area contributed by atoms with Crippen LogP contribution >= 0.6 is 0 Å². The first-order valence-electron chi connectivity index (χ1n) is 7.22. The zero-order valence-corrected chi connectivity index (χ0v) is 12.0.